The van der Waals surface area contributed by atoms with Gasteiger partial charge in [-0.1, -0.05) is 49.6 Å². The third kappa shape index (κ3) is 4.38. The largest absolute Gasteiger partial charge is 0.353 e. The van der Waals surface area contributed by atoms with Gasteiger partial charge in [0.25, 0.3) is 0 Å². The van der Waals surface area contributed by atoms with Crippen LogP contribution >= 0.6 is 0 Å². The molecule has 1 saturated carbocycles. The summed E-state index contributed by atoms with van der Waals surface area (Å²) in [5.74, 6) is 1.66. The predicted molar refractivity (Wildman–Crippen MR) is 108 cm³/mol. The lowest BCUT2D eigenvalue weighted by Gasteiger charge is -2.33. The van der Waals surface area contributed by atoms with Gasteiger partial charge in [0.2, 0.25) is 12.4 Å². The Morgan fingerprint density at radius 3 is 2.41 bits per heavy atom. The van der Waals surface area contributed by atoms with Crippen LogP contribution in [0.3, 0.4) is 0 Å². The Bertz CT molecular complexity index is 752. The van der Waals surface area contributed by atoms with Crippen LogP contribution in [0.5, 0.6) is 0 Å². The fraction of sp³-hybridized carbons (Fsp3) is 0.476. The number of anilines is 2. The van der Waals surface area contributed by atoms with E-state index in [9.17, 15) is 4.79 Å². The van der Waals surface area contributed by atoms with Crippen LogP contribution in [0.2, 0.25) is 0 Å². The molecule has 2 aromatic rings. The molecule has 1 saturated heterocycles. The van der Waals surface area contributed by atoms with E-state index in [2.05, 4.69) is 28.4 Å². The highest BCUT2D eigenvalue weighted by Gasteiger charge is 2.20. The minimum Gasteiger partial charge on any atom is -0.353 e. The molecule has 27 heavy (non-hydrogen) atoms. The van der Waals surface area contributed by atoms with Gasteiger partial charge in [0.1, 0.15) is 5.82 Å². The van der Waals surface area contributed by atoms with E-state index in [4.69, 9.17) is 9.97 Å². The first-order chi connectivity index (χ1) is 13.3. The number of carbonyl (C=O) groups excluding carboxylic acids is 1. The molecule has 2 aliphatic rings. The number of nitrogens with one attached hydrogen (secondary N) is 1. The molecule has 0 atom stereocenters. The van der Waals surface area contributed by atoms with Crippen molar-refractivity contribution in [3.8, 4) is 11.3 Å². The van der Waals surface area contributed by atoms with Gasteiger partial charge in [0.15, 0.2) is 0 Å². The number of aromatic nitrogens is 2. The fourth-order valence-electron chi connectivity index (χ4n) is 3.90. The highest BCUT2D eigenvalue weighted by molar-refractivity contribution is 5.65. The Morgan fingerprint density at radius 2 is 1.70 bits per heavy atom. The van der Waals surface area contributed by atoms with Crippen LogP contribution in [0, 0.1) is 0 Å². The summed E-state index contributed by atoms with van der Waals surface area (Å²) in [4.78, 5) is 24.7. The molecule has 1 aliphatic heterocycles. The summed E-state index contributed by atoms with van der Waals surface area (Å²) < 4.78 is 0. The minimum absolute atomic E-state index is 0.463. The number of piperazine rings is 1. The van der Waals surface area contributed by atoms with E-state index in [0.29, 0.717) is 6.04 Å². The van der Waals surface area contributed by atoms with Crippen LogP contribution < -0.4 is 10.2 Å². The average molecular weight is 365 g/mol. The lowest BCUT2D eigenvalue weighted by molar-refractivity contribution is -0.118. The summed E-state index contributed by atoms with van der Waals surface area (Å²) in [6.45, 7) is 3.07. The van der Waals surface area contributed by atoms with E-state index in [1.165, 1.54) is 32.1 Å². The molecule has 0 radical (unpaired) electrons. The van der Waals surface area contributed by atoms with Gasteiger partial charge in [-0.15, -0.1) is 0 Å². The summed E-state index contributed by atoms with van der Waals surface area (Å²) in [6.07, 6.45) is 7.18. The molecule has 1 amide bonds. The first-order valence-electron chi connectivity index (χ1n) is 9.97. The van der Waals surface area contributed by atoms with E-state index in [1.54, 1.807) is 0 Å². The second-order valence-electron chi connectivity index (χ2n) is 7.41. The quantitative estimate of drug-likeness (QED) is 0.825. The van der Waals surface area contributed by atoms with Gasteiger partial charge in [0.05, 0.1) is 5.69 Å². The zero-order valence-corrected chi connectivity index (χ0v) is 15.7. The summed E-state index contributed by atoms with van der Waals surface area (Å²) in [7, 11) is 0. The van der Waals surface area contributed by atoms with Crippen LogP contribution in [-0.4, -0.2) is 53.5 Å². The summed E-state index contributed by atoms with van der Waals surface area (Å²) in [6, 6.07) is 12.8. The van der Waals surface area contributed by atoms with Crippen molar-refractivity contribution < 1.29 is 4.79 Å². The molecule has 1 aromatic heterocycles. The standard InChI is InChI=1S/C21H27N5O/c27-16-25-11-13-26(14-12-25)20-15-19(17-7-3-1-4-8-17)23-21(24-20)22-18-9-5-2-6-10-18/h1,3-4,7-8,15-16,18H,2,5-6,9-14H2,(H,22,23,24). The molecule has 6 nitrogen and oxygen atoms in total. The van der Waals surface area contributed by atoms with Crippen LogP contribution in [0.1, 0.15) is 32.1 Å². The number of benzene rings is 1. The zero-order valence-electron chi connectivity index (χ0n) is 15.7. The Hall–Kier alpha value is -2.63. The van der Waals surface area contributed by atoms with Crippen LogP contribution in [-0.2, 0) is 4.79 Å². The smallest absolute Gasteiger partial charge is 0.225 e. The van der Waals surface area contributed by atoms with Crippen molar-refractivity contribution in [2.75, 3.05) is 36.4 Å². The van der Waals surface area contributed by atoms with E-state index in [-0.39, 0.29) is 0 Å². The molecule has 142 valence electrons. The minimum atomic E-state index is 0.463. The maximum absolute atomic E-state index is 11.0. The molecule has 1 N–H and O–H groups in total. The summed E-state index contributed by atoms with van der Waals surface area (Å²) >= 11 is 0. The number of amides is 1. The topological polar surface area (TPSA) is 61.4 Å². The van der Waals surface area contributed by atoms with Crippen molar-refractivity contribution in [2.24, 2.45) is 0 Å². The molecule has 2 fully saturated rings. The monoisotopic (exact) mass is 365 g/mol. The predicted octanol–water partition coefficient (Wildman–Crippen LogP) is 3.17. The highest BCUT2D eigenvalue weighted by atomic mass is 16.1. The Morgan fingerprint density at radius 1 is 0.963 bits per heavy atom. The van der Waals surface area contributed by atoms with E-state index >= 15 is 0 Å². The normalized spacial score (nSPS) is 18.4. The van der Waals surface area contributed by atoms with Gasteiger partial charge in [-0.25, -0.2) is 4.98 Å². The van der Waals surface area contributed by atoms with Crippen molar-refractivity contribution in [1.82, 2.24) is 14.9 Å². The summed E-state index contributed by atoms with van der Waals surface area (Å²) in [5.41, 5.74) is 2.04. The highest BCUT2D eigenvalue weighted by Crippen LogP contribution is 2.26. The number of nitrogens with zero attached hydrogens (tertiary/aromatic N) is 4. The SMILES string of the molecule is O=CN1CCN(c2cc(-c3ccccc3)nc(NC3CCCCC3)n2)CC1. The van der Waals surface area contributed by atoms with Crippen molar-refractivity contribution in [1.29, 1.82) is 0 Å². The van der Waals surface area contributed by atoms with Gasteiger partial charge in [-0.3, -0.25) is 4.79 Å². The van der Waals surface area contributed by atoms with Gasteiger partial charge in [-0.2, -0.15) is 4.98 Å². The van der Waals surface area contributed by atoms with E-state index in [0.717, 1.165) is 55.6 Å². The number of hydrogen-bond acceptors (Lipinski definition) is 5. The van der Waals surface area contributed by atoms with Gasteiger partial charge in [0, 0.05) is 43.9 Å². The zero-order chi connectivity index (χ0) is 18.5. The number of carbonyl (C=O) groups is 1. The average Bonchev–Trinajstić information content (AvgIpc) is 2.75. The maximum atomic E-state index is 11.0. The molecule has 1 aliphatic carbocycles. The molecule has 4 rings (SSSR count). The van der Waals surface area contributed by atoms with E-state index in [1.807, 2.05) is 23.1 Å². The fourth-order valence-corrected chi connectivity index (χ4v) is 3.90. The molecule has 0 bridgehead atoms. The second-order valence-corrected chi connectivity index (χ2v) is 7.41. The third-order valence-corrected chi connectivity index (χ3v) is 5.51. The van der Waals surface area contributed by atoms with Gasteiger partial charge in [-0.05, 0) is 12.8 Å². The second kappa shape index (κ2) is 8.37. The maximum Gasteiger partial charge on any atom is 0.225 e. The van der Waals surface area contributed by atoms with Gasteiger partial charge >= 0.3 is 0 Å². The first-order valence-corrected chi connectivity index (χ1v) is 9.97. The third-order valence-electron chi connectivity index (χ3n) is 5.51. The van der Waals surface area contributed by atoms with Crippen LogP contribution in [0.15, 0.2) is 36.4 Å². The van der Waals surface area contributed by atoms with Crippen molar-refractivity contribution in [3.63, 3.8) is 0 Å². The molecule has 1 aromatic carbocycles. The van der Waals surface area contributed by atoms with Crippen molar-refractivity contribution in [2.45, 2.75) is 38.1 Å². The first kappa shape index (κ1) is 17.8. The van der Waals surface area contributed by atoms with Crippen molar-refractivity contribution >= 4 is 18.2 Å². The van der Waals surface area contributed by atoms with Crippen LogP contribution in [0.25, 0.3) is 11.3 Å². The molecule has 6 heteroatoms. The molecule has 2 heterocycles. The Balaban J connectivity index is 1.61. The molecular weight excluding hydrogens is 338 g/mol. The van der Waals surface area contributed by atoms with Crippen molar-refractivity contribution in [3.05, 3.63) is 36.4 Å². The lowest BCUT2D eigenvalue weighted by atomic mass is 9.96. The number of rotatable bonds is 5. The lowest BCUT2D eigenvalue weighted by Crippen LogP contribution is -2.46. The Kier molecular flexibility index (Phi) is 5.51. The Labute approximate surface area is 160 Å². The molecule has 0 spiro atoms. The molecule has 0 unspecified atom stereocenters. The number of hydrogen-bond donors (Lipinski definition) is 1. The van der Waals surface area contributed by atoms with Crippen LogP contribution in [0.4, 0.5) is 11.8 Å². The molecular formula is C21H27N5O. The van der Waals surface area contributed by atoms with E-state index < -0.39 is 0 Å². The summed E-state index contributed by atoms with van der Waals surface area (Å²) in [5, 5.41) is 3.57. The van der Waals surface area contributed by atoms with Gasteiger partial charge < -0.3 is 15.1 Å².